The molecule has 0 saturated heterocycles. The van der Waals surface area contributed by atoms with E-state index in [1.807, 2.05) is 72.8 Å². The van der Waals surface area contributed by atoms with Gasteiger partial charge >= 0.3 is 0 Å². The van der Waals surface area contributed by atoms with Crippen LogP contribution in [0.5, 0.6) is 11.5 Å². The normalized spacial score (nSPS) is 10.9. The molecular formula is C25H20I2N2O3. The first kappa shape index (κ1) is 24.1. The van der Waals surface area contributed by atoms with Crippen molar-refractivity contribution in [2.45, 2.75) is 13.2 Å². The maximum atomic E-state index is 12.5. The monoisotopic (exact) mass is 650 g/mol. The van der Waals surface area contributed by atoms with E-state index in [9.17, 15) is 10.1 Å². The lowest BCUT2D eigenvalue weighted by Gasteiger charge is -2.12. The zero-order chi connectivity index (χ0) is 22.9. The molecule has 0 unspecified atom stereocenters. The van der Waals surface area contributed by atoms with Gasteiger partial charge in [-0.15, -0.1) is 0 Å². The Hall–Kier alpha value is -2.58. The fourth-order valence-corrected chi connectivity index (χ4v) is 4.99. The van der Waals surface area contributed by atoms with E-state index in [0.717, 1.165) is 35.3 Å². The first-order chi connectivity index (χ1) is 15.5. The van der Waals surface area contributed by atoms with E-state index in [0.29, 0.717) is 13.2 Å². The molecule has 7 heteroatoms. The van der Waals surface area contributed by atoms with Gasteiger partial charge in [-0.1, -0.05) is 42.5 Å². The van der Waals surface area contributed by atoms with Crippen LogP contribution in [0, 0.1) is 18.5 Å². The third kappa shape index (κ3) is 6.71. The van der Waals surface area contributed by atoms with Gasteiger partial charge in [0.2, 0.25) is 0 Å². The van der Waals surface area contributed by atoms with E-state index in [4.69, 9.17) is 9.47 Å². The fraction of sp³-hybridized carbons (Fsp3) is 0.120. The molecule has 0 spiro atoms. The summed E-state index contributed by atoms with van der Waals surface area (Å²) in [5.74, 6) is 1.12. The highest BCUT2D eigenvalue weighted by Crippen LogP contribution is 2.30. The second kappa shape index (κ2) is 11.9. The van der Waals surface area contributed by atoms with E-state index in [1.54, 1.807) is 13.2 Å². The predicted molar refractivity (Wildman–Crippen MR) is 141 cm³/mol. The second-order valence-electron chi connectivity index (χ2n) is 6.79. The van der Waals surface area contributed by atoms with Crippen LogP contribution in [-0.4, -0.2) is 13.0 Å². The number of hydrogen-bond acceptors (Lipinski definition) is 4. The number of nitriles is 1. The summed E-state index contributed by atoms with van der Waals surface area (Å²) in [4.78, 5) is 12.5. The lowest BCUT2D eigenvalue weighted by molar-refractivity contribution is -0.117. The van der Waals surface area contributed by atoms with E-state index >= 15 is 0 Å². The van der Waals surface area contributed by atoms with Crippen molar-refractivity contribution in [1.29, 1.82) is 5.26 Å². The summed E-state index contributed by atoms with van der Waals surface area (Å²) < 4.78 is 13.0. The van der Waals surface area contributed by atoms with Gasteiger partial charge in [-0.25, -0.2) is 0 Å². The van der Waals surface area contributed by atoms with Crippen molar-refractivity contribution in [3.63, 3.8) is 0 Å². The smallest absolute Gasteiger partial charge is 0.262 e. The maximum Gasteiger partial charge on any atom is 0.262 e. The van der Waals surface area contributed by atoms with Crippen LogP contribution < -0.4 is 14.8 Å². The Morgan fingerprint density at radius 2 is 1.69 bits per heavy atom. The molecule has 0 fully saturated rings. The molecule has 3 aromatic carbocycles. The van der Waals surface area contributed by atoms with Crippen LogP contribution >= 0.6 is 45.2 Å². The van der Waals surface area contributed by atoms with Gasteiger partial charge in [0, 0.05) is 6.54 Å². The zero-order valence-corrected chi connectivity index (χ0v) is 21.6. The minimum absolute atomic E-state index is 0.0445. The van der Waals surface area contributed by atoms with Gasteiger partial charge in [0.15, 0.2) is 0 Å². The SMILES string of the molecule is COc1ccc(CNC(=O)/C(C#N)=C\c2cc(I)c(OCc3ccccc3)c(I)c2)cc1. The van der Waals surface area contributed by atoms with Crippen LogP contribution in [-0.2, 0) is 17.9 Å². The van der Waals surface area contributed by atoms with Crippen molar-refractivity contribution in [1.82, 2.24) is 5.32 Å². The second-order valence-corrected chi connectivity index (χ2v) is 9.11. The number of carbonyl (C=O) groups is 1. The third-order valence-corrected chi connectivity index (χ3v) is 6.14. The van der Waals surface area contributed by atoms with Gasteiger partial charge in [0.05, 0.1) is 14.3 Å². The molecule has 0 radical (unpaired) electrons. The molecule has 0 aliphatic rings. The van der Waals surface area contributed by atoms with Crippen molar-refractivity contribution >= 4 is 57.2 Å². The number of amides is 1. The molecule has 1 N–H and O–H groups in total. The largest absolute Gasteiger partial charge is 0.497 e. The van der Waals surface area contributed by atoms with Crippen LogP contribution in [0.2, 0.25) is 0 Å². The molecule has 0 heterocycles. The standard InChI is InChI=1S/C25H20I2N2O3/c1-31-21-9-7-17(8-10-21)15-29-25(30)20(14-28)11-19-12-22(26)24(23(27)13-19)32-16-18-5-3-2-4-6-18/h2-13H,15-16H2,1H3,(H,29,30)/b20-11-. The van der Waals surface area contributed by atoms with Crippen molar-refractivity contribution in [2.75, 3.05) is 7.11 Å². The Labute approximate surface area is 214 Å². The minimum atomic E-state index is -0.419. The predicted octanol–water partition coefficient (Wildman–Crippen LogP) is 5.71. The van der Waals surface area contributed by atoms with Crippen molar-refractivity contribution < 1.29 is 14.3 Å². The van der Waals surface area contributed by atoms with Crippen molar-refractivity contribution in [3.05, 3.63) is 96.1 Å². The average Bonchev–Trinajstić information content (AvgIpc) is 2.81. The molecule has 162 valence electrons. The van der Waals surface area contributed by atoms with Crippen LogP contribution in [0.4, 0.5) is 0 Å². The summed E-state index contributed by atoms with van der Waals surface area (Å²) in [6.07, 6.45) is 1.59. The number of carbonyl (C=O) groups excluding carboxylic acids is 1. The van der Waals surface area contributed by atoms with E-state index in [1.165, 1.54) is 0 Å². The first-order valence-corrected chi connectivity index (χ1v) is 11.8. The van der Waals surface area contributed by atoms with Gasteiger partial charge in [0.1, 0.15) is 29.7 Å². The maximum absolute atomic E-state index is 12.5. The highest BCUT2D eigenvalue weighted by molar-refractivity contribution is 14.1. The number of benzene rings is 3. The summed E-state index contributed by atoms with van der Waals surface area (Å²) >= 11 is 4.42. The van der Waals surface area contributed by atoms with Gasteiger partial charge in [0.25, 0.3) is 5.91 Å². The van der Waals surface area contributed by atoms with Crippen LogP contribution in [0.15, 0.2) is 72.3 Å². The average molecular weight is 650 g/mol. The van der Waals surface area contributed by atoms with Crippen LogP contribution in [0.3, 0.4) is 0 Å². The van der Waals surface area contributed by atoms with Gasteiger partial charge in [-0.05, 0) is 92.2 Å². The Balaban J connectivity index is 1.68. The first-order valence-electron chi connectivity index (χ1n) is 9.69. The number of hydrogen-bond donors (Lipinski definition) is 1. The summed E-state index contributed by atoms with van der Waals surface area (Å²) in [5.41, 5.74) is 2.81. The molecule has 0 aliphatic heterocycles. The lowest BCUT2D eigenvalue weighted by Crippen LogP contribution is -2.23. The molecular weight excluding hydrogens is 630 g/mol. The number of nitrogens with one attached hydrogen (secondary N) is 1. The number of methoxy groups -OCH3 is 1. The van der Waals surface area contributed by atoms with Crippen molar-refractivity contribution in [3.8, 4) is 17.6 Å². The Bertz CT molecular complexity index is 1130. The van der Waals surface area contributed by atoms with Crippen LogP contribution in [0.1, 0.15) is 16.7 Å². The molecule has 1 amide bonds. The molecule has 0 saturated carbocycles. The number of rotatable bonds is 8. The molecule has 5 nitrogen and oxygen atoms in total. The fourth-order valence-electron chi connectivity index (χ4n) is 2.87. The lowest BCUT2D eigenvalue weighted by atomic mass is 10.1. The van der Waals surface area contributed by atoms with Crippen molar-refractivity contribution in [2.24, 2.45) is 0 Å². The Morgan fingerprint density at radius 3 is 2.28 bits per heavy atom. The quantitative estimate of drug-likeness (QED) is 0.193. The van der Waals surface area contributed by atoms with Gasteiger partial charge < -0.3 is 14.8 Å². The van der Waals surface area contributed by atoms with Crippen LogP contribution in [0.25, 0.3) is 6.08 Å². The van der Waals surface area contributed by atoms with Gasteiger partial charge in [-0.2, -0.15) is 5.26 Å². The number of nitrogens with zero attached hydrogens (tertiary/aromatic N) is 1. The topological polar surface area (TPSA) is 71.3 Å². The van der Waals surface area contributed by atoms with E-state index in [-0.39, 0.29) is 5.57 Å². The summed E-state index contributed by atoms with van der Waals surface area (Å²) in [6, 6.07) is 23.1. The molecule has 3 aromatic rings. The summed E-state index contributed by atoms with van der Waals surface area (Å²) in [5, 5.41) is 12.3. The molecule has 3 rings (SSSR count). The third-order valence-electron chi connectivity index (χ3n) is 4.53. The molecule has 0 aliphatic carbocycles. The van der Waals surface area contributed by atoms with E-state index in [2.05, 4.69) is 50.5 Å². The molecule has 0 aromatic heterocycles. The number of ether oxygens (including phenoxy) is 2. The summed E-state index contributed by atoms with van der Waals surface area (Å²) in [7, 11) is 1.60. The Kier molecular flexibility index (Phi) is 8.93. The van der Waals surface area contributed by atoms with E-state index < -0.39 is 5.91 Å². The zero-order valence-electron chi connectivity index (χ0n) is 17.3. The minimum Gasteiger partial charge on any atom is -0.497 e. The van der Waals surface area contributed by atoms with Gasteiger partial charge in [-0.3, -0.25) is 4.79 Å². The highest BCUT2D eigenvalue weighted by atomic mass is 127. The molecule has 0 bridgehead atoms. The number of halogens is 2. The molecule has 32 heavy (non-hydrogen) atoms. The Morgan fingerprint density at radius 1 is 1.03 bits per heavy atom. The summed E-state index contributed by atoms with van der Waals surface area (Å²) in [6.45, 7) is 0.794. The highest BCUT2D eigenvalue weighted by Gasteiger charge is 2.12. The molecule has 0 atom stereocenters.